The smallest absolute Gasteiger partial charge is 0.331 e. The van der Waals surface area contributed by atoms with Crippen LogP contribution in [0.4, 0.5) is 0 Å². The predicted molar refractivity (Wildman–Crippen MR) is 84.9 cm³/mol. The van der Waals surface area contributed by atoms with Crippen LogP contribution in [0.15, 0.2) is 34.1 Å². The first kappa shape index (κ1) is 16.2. The molecule has 9 heteroatoms. The molecule has 124 valence electrons. The van der Waals surface area contributed by atoms with Crippen LogP contribution in [0.25, 0.3) is 0 Å². The number of aromatic nitrogens is 2. The highest BCUT2D eigenvalue weighted by molar-refractivity contribution is 7.91. The van der Waals surface area contributed by atoms with Gasteiger partial charge in [-0.2, -0.15) is 9.40 Å². The second-order valence-electron chi connectivity index (χ2n) is 5.58. The molecule has 7 nitrogen and oxygen atoms in total. The molecule has 0 atom stereocenters. The second-order valence-corrected chi connectivity index (χ2v) is 8.63. The Hall–Kier alpha value is -1.71. The van der Waals surface area contributed by atoms with Crippen LogP contribution in [0, 0.1) is 6.92 Å². The van der Waals surface area contributed by atoms with E-state index in [0.717, 1.165) is 5.56 Å². The largest absolute Gasteiger partial charge is 0.479 e. The number of hydrogen-bond acceptors (Lipinski definition) is 5. The van der Waals surface area contributed by atoms with Gasteiger partial charge in [-0.05, 0) is 42.8 Å². The minimum Gasteiger partial charge on any atom is -0.479 e. The maximum Gasteiger partial charge on any atom is 0.331 e. The SMILES string of the molecule is Cc1ccsc1S(=O)(=O)N1CCC(C(=O)O)(n2cccn2)CC1. The average Bonchev–Trinajstić information content (AvgIpc) is 3.18. The lowest BCUT2D eigenvalue weighted by atomic mass is 9.88. The first-order valence-corrected chi connectivity index (χ1v) is 9.48. The highest BCUT2D eigenvalue weighted by Crippen LogP contribution is 2.34. The molecule has 3 rings (SSSR count). The lowest BCUT2D eigenvalue weighted by Gasteiger charge is -2.38. The number of aliphatic carboxylic acids is 1. The Morgan fingerprint density at radius 3 is 2.57 bits per heavy atom. The molecule has 0 aromatic carbocycles. The quantitative estimate of drug-likeness (QED) is 0.897. The maximum absolute atomic E-state index is 12.7. The van der Waals surface area contributed by atoms with Crippen molar-refractivity contribution in [3.8, 4) is 0 Å². The van der Waals surface area contributed by atoms with Gasteiger partial charge in [0.05, 0.1) is 0 Å². The van der Waals surface area contributed by atoms with Crippen molar-refractivity contribution in [2.75, 3.05) is 13.1 Å². The molecule has 0 amide bonds. The highest BCUT2D eigenvalue weighted by Gasteiger charge is 2.46. The summed E-state index contributed by atoms with van der Waals surface area (Å²) in [4.78, 5) is 11.8. The van der Waals surface area contributed by atoms with Crippen molar-refractivity contribution in [3.05, 3.63) is 35.5 Å². The fraction of sp³-hybridized carbons (Fsp3) is 0.429. The van der Waals surface area contributed by atoms with Crippen molar-refractivity contribution in [1.29, 1.82) is 0 Å². The molecule has 1 aliphatic heterocycles. The van der Waals surface area contributed by atoms with E-state index in [1.807, 2.05) is 0 Å². The van der Waals surface area contributed by atoms with E-state index < -0.39 is 21.5 Å². The summed E-state index contributed by atoms with van der Waals surface area (Å²) in [5, 5.41) is 15.5. The topological polar surface area (TPSA) is 92.5 Å². The average molecular weight is 355 g/mol. The van der Waals surface area contributed by atoms with Crippen molar-refractivity contribution in [3.63, 3.8) is 0 Å². The summed E-state index contributed by atoms with van der Waals surface area (Å²) >= 11 is 1.19. The molecule has 0 bridgehead atoms. The fourth-order valence-corrected chi connectivity index (χ4v) is 5.89. The summed E-state index contributed by atoms with van der Waals surface area (Å²) in [6.45, 7) is 2.08. The molecule has 1 N–H and O–H groups in total. The molecule has 2 aromatic heterocycles. The van der Waals surface area contributed by atoms with Gasteiger partial charge in [-0.1, -0.05) is 0 Å². The number of carboxylic acid groups (broad SMARTS) is 1. The van der Waals surface area contributed by atoms with Gasteiger partial charge in [-0.3, -0.25) is 4.68 Å². The number of hydrogen-bond donors (Lipinski definition) is 1. The molecule has 23 heavy (non-hydrogen) atoms. The van der Waals surface area contributed by atoms with E-state index in [2.05, 4.69) is 5.10 Å². The van der Waals surface area contributed by atoms with E-state index in [1.54, 1.807) is 30.6 Å². The molecule has 1 fully saturated rings. The van der Waals surface area contributed by atoms with E-state index in [9.17, 15) is 18.3 Å². The molecule has 0 spiro atoms. The van der Waals surface area contributed by atoms with Gasteiger partial charge >= 0.3 is 5.97 Å². The molecule has 0 radical (unpaired) electrons. The van der Waals surface area contributed by atoms with E-state index in [1.165, 1.54) is 26.5 Å². The molecule has 1 aliphatic rings. The summed E-state index contributed by atoms with van der Waals surface area (Å²) < 4.78 is 28.5. The number of carboxylic acids is 1. The molecule has 0 unspecified atom stereocenters. The molecule has 0 aliphatic carbocycles. The Labute approximate surface area is 138 Å². The lowest BCUT2D eigenvalue weighted by molar-refractivity contribution is -0.150. The van der Waals surface area contributed by atoms with Crippen molar-refractivity contribution in [2.45, 2.75) is 29.5 Å². The van der Waals surface area contributed by atoms with Crippen LogP contribution in [-0.2, 0) is 20.4 Å². The van der Waals surface area contributed by atoms with Crippen LogP contribution in [0.1, 0.15) is 18.4 Å². The summed E-state index contributed by atoms with van der Waals surface area (Å²) in [6.07, 6.45) is 3.52. The Bertz CT molecular complexity index is 803. The summed E-state index contributed by atoms with van der Waals surface area (Å²) in [5.41, 5.74) is -0.461. The molecular formula is C14H17N3O4S2. The van der Waals surface area contributed by atoms with Gasteiger partial charge < -0.3 is 5.11 Å². The molecule has 2 aromatic rings. The van der Waals surface area contributed by atoms with Crippen molar-refractivity contribution < 1.29 is 18.3 Å². The van der Waals surface area contributed by atoms with Crippen LogP contribution in [-0.4, -0.2) is 46.7 Å². The molecule has 1 saturated heterocycles. The van der Waals surface area contributed by atoms with E-state index in [0.29, 0.717) is 4.21 Å². The van der Waals surface area contributed by atoms with Gasteiger partial charge in [0.15, 0.2) is 5.54 Å². The lowest BCUT2D eigenvalue weighted by Crippen LogP contribution is -2.52. The van der Waals surface area contributed by atoms with E-state index >= 15 is 0 Å². The van der Waals surface area contributed by atoms with Crippen molar-refractivity contribution >= 4 is 27.3 Å². The Balaban J connectivity index is 1.86. The molecule has 0 saturated carbocycles. The van der Waals surface area contributed by atoms with Gasteiger partial charge in [0.2, 0.25) is 0 Å². The standard InChI is InChI=1S/C14H17N3O4S2/c1-11-3-10-22-12(11)23(20,21)16-8-4-14(5-9-16,13(18)19)17-7-2-6-15-17/h2-3,6-7,10H,4-5,8-9H2,1H3,(H,18,19). The van der Waals surface area contributed by atoms with Crippen LogP contribution in [0.5, 0.6) is 0 Å². The summed E-state index contributed by atoms with van der Waals surface area (Å²) in [7, 11) is -3.56. The normalized spacial score (nSPS) is 18.8. The first-order valence-electron chi connectivity index (χ1n) is 7.16. The van der Waals surface area contributed by atoms with Crippen molar-refractivity contribution in [1.82, 2.24) is 14.1 Å². The Morgan fingerprint density at radius 1 is 1.39 bits per heavy atom. The van der Waals surface area contributed by atoms with Gasteiger partial charge in [0.25, 0.3) is 10.0 Å². The number of aryl methyl sites for hydroxylation is 1. The second kappa shape index (κ2) is 5.73. The van der Waals surface area contributed by atoms with Gasteiger partial charge in [-0.15, -0.1) is 11.3 Å². The van der Waals surface area contributed by atoms with Crippen LogP contribution in [0.3, 0.4) is 0 Å². The molecular weight excluding hydrogens is 338 g/mol. The van der Waals surface area contributed by atoms with Crippen molar-refractivity contribution in [2.24, 2.45) is 0 Å². The van der Waals surface area contributed by atoms with Gasteiger partial charge in [0, 0.05) is 25.5 Å². The summed E-state index contributed by atoms with van der Waals surface area (Å²) in [6, 6.07) is 3.44. The maximum atomic E-state index is 12.7. The van der Waals surface area contributed by atoms with Gasteiger partial charge in [0.1, 0.15) is 4.21 Å². The fourth-order valence-electron chi connectivity index (χ4n) is 2.90. The number of nitrogens with zero attached hydrogens (tertiary/aromatic N) is 3. The van der Waals surface area contributed by atoms with Crippen LogP contribution >= 0.6 is 11.3 Å². The third-order valence-electron chi connectivity index (χ3n) is 4.28. The van der Waals surface area contributed by atoms with Crippen LogP contribution < -0.4 is 0 Å². The minimum atomic E-state index is -3.56. The van der Waals surface area contributed by atoms with Gasteiger partial charge in [-0.25, -0.2) is 13.2 Å². The van der Waals surface area contributed by atoms with E-state index in [4.69, 9.17) is 0 Å². The number of carbonyl (C=O) groups is 1. The third-order valence-corrected chi connectivity index (χ3v) is 7.84. The number of rotatable bonds is 4. The monoisotopic (exact) mass is 355 g/mol. The van der Waals surface area contributed by atoms with E-state index in [-0.39, 0.29) is 25.9 Å². The minimum absolute atomic E-state index is 0.159. The number of thiophene rings is 1. The Morgan fingerprint density at radius 2 is 2.09 bits per heavy atom. The zero-order valence-electron chi connectivity index (χ0n) is 12.5. The van der Waals surface area contributed by atoms with Crippen LogP contribution in [0.2, 0.25) is 0 Å². The zero-order chi connectivity index (χ0) is 16.7. The number of piperidine rings is 1. The highest BCUT2D eigenvalue weighted by atomic mass is 32.2. The third kappa shape index (κ3) is 2.58. The number of sulfonamides is 1. The predicted octanol–water partition coefficient (Wildman–Crippen LogP) is 1.52. The molecule has 3 heterocycles. The Kier molecular flexibility index (Phi) is 4.03. The zero-order valence-corrected chi connectivity index (χ0v) is 14.2. The first-order chi connectivity index (χ1) is 10.9. The summed E-state index contributed by atoms with van der Waals surface area (Å²) in [5.74, 6) is -0.981.